The Morgan fingerprint density at radius 2 is 1.58 bits per heavy atom. The number of hydrogen-bond acceptors (Lipinski definition) is 1. The molecule has 36 heavy (non-hydrogen) atoms. The first-order valence-electron chi connectivity index (χ1n) is 15.8. The van der Waals surface area contributed by atoms with E-state index in [1.54, 1.807) is 26.1 Å². The van der Waals surface area contributed by atoms with Crippen LogP contribution in [0.4, 0.5) is 5.69 Å². The number of hydrogen-bond donors (Lipinski definition) is 0. The van der Waals surface area contributed by atoms with Gasteiger partial charge in [-0.15, -0.1) is 0 Å². The van der Waals surface area contributed by atoms with E-state index in [2.05, 4.69) is 4.85 Å². The summed E-state index contributed by atoms with van der Waals surface area (Å²) in [6.07, 6.45) is -1.72. The van der Waals surface area contributed by atoms with Crippen molar-refractivity contribution in [2.24, 2.45) is 12.5 Å². The van der Waals surface area contributed by atoms with E-state index in [1.165, 1.54) is 0 Å². The van der Waals surface area contributed by atoms with Gasteiger partial charge in [0, 0.05) is 37.6 Å². The fourth-order valence-corrected chi connectivity index (χ4v) is 4.72. The van der Waals surface area contributed by atoms with Gasteiger partial charge in [-0.3, -0.25) is 0 Å². The fraction of sp³-hybridized carbons (Fsp3) is 0.273. The second-order valence-corrected chi connectivity index (χ2v) is 10.2. The summed E-state index contributed by atoms with van der Waals surface area (Å²) < 4.78 is 77.4. The molecular formula is C33H33N2O+. The number of aryl methyl sites for hydroxylation is 1. The van der Waals surface area contributed by atoms with Gasteiger partial charge in [-0.1, -0.05) is 75.2 Å². The van der Waals surface area contributed by atoms with Crippen molar-refractivity contribution in [3.63, 3.8) is 0 Å². The average molecular weight is 482 g/mol. The van der Waals surface area contributed by atoms with Crippen molar-refractivity contribution in [3.8, 4) is 22.4 Å². The van der Waals surface area contributed by atoms with Crippen molar-refractivity contribution in [2.45, 2.75) is 47.9 Å². The molecule has 0 saturated heterocycles. The van der Waals surface area contributed by atoms with Crippen molar-refractivity contribution in [2.75, 3.05) is 0 Å². The first-order valence-corrected chi connectivity index (χ1v) is 11.8. The Labute approximate surface area is 225 Å². The summed E-state index contributed by atoms with van der Waals surface area (Å²) in [7, 11) is 1.81. The Balaban J connectivity index is 1.94. The van der Waals surface area contributed by atoms with Crippen LogP contribution in [0.25, 0.3) is 49.2 Å². The molecule has 0 bridgehead atoms. The highest BCUT2D eigenvalue weighted by Crippen LogP contribution is 2.44. The molecule has 0 aliphatic carbocycles. The number of nitrogens with zero attached hydrogens (tertiary/aromatic N) is 2. The molecule has 180 valence electrons. The van der Waals surface area contributed by atoms with E-state index in [9.17, 15) is 1.37 Å². The molecule has 0 radical (unpaired) electrons. The van der Waals surface area contributed by atoms with Crippen LogP contribution in [0.2, 0.25) is 0 Å². The molecule has 0 spiro atoms. The average Bonchev–Trinajstić information content (AvgIpc) is 3.33. The normalized spacial score (nSPS) is 15.4. The SMILES string of the molecule is [2H]c1c([2H])c([2H])c(-c2c([N+]#[C-])ccc3c2oc2c(-c4c([2H])c(C)c(C([2H])([2H])C(C)(C)C)c(C)[n+]4C)c(C)ccc23)c([2H])c1[2H]. The molecule has 0 fully saturated rings. The van der Waals surface area contributed by atoms with E-state index in [4.69, 9.17) is 20.6 Å². The zero-order valence-electron chi connectivity index (χ0n) is 29.6. The topological polar surface area (TPSA) is 21.4 Å². The standard InChI is InChI=1S/C33H33N2O/c1-20-14-15-24-25-16-17-27(34-7)30(23-12-10-9-11-13-23)32(25)36-31(24)29(20)28-18-21(2)26(19-33(4,5)6)22(3)35(28)8/h9-18H,19H2,1-6,8H3/q+1/i9D,10D,11D,12D,13D,18D,19D2. The summed E-state index contributed by atoms with van der Waals surface area (Å²) >= 11 is 0. The second kappa shape index (κ2) is 8.64. The van der Waals surface area contributed by atoms with Crippen LogP contribution in [0.1, 0.15) is 54.1 Å². The Hall–Kier alpha value is -3.90. The first kappa shape index (κ1) is 16.0. The van der Waals surface area contributed by atoms with E-state index in [-0.39, 0.29) is 28.4 Å². The molecule has 0 saturated carbocycles. The predicted octanol–water partition coefficient (Wildman–Crippen LogP) is 8.81. The van der Waals surface area contributed by atoms with Crippen molar-refractivity contribution in [1.29, 1.82) is 0 Å². The highest BCUT2D eigenvalue weighted by atomic mass is 16.3. The molecule has 5 rings (SSSR count). The lowest BCUT2D eigenvalue weighted by molar-refractivity contribution is -0.667. The van der Waals surface area contributed by atoms with E-state index < -0.39 is 42.0 Å². The Morgan fingerprint density at radius 3 is 2.22 bits per heavy atom. The van der Waals surface area contributed by atoms with Crippen LogP contribution in [-0.2, 0) is 13.4 Å². The molecule has 0 aliphatic heterocycles. The highest BCUT2D eigenvalue weighted by molar-refractivity contribution is 6.15. The Morgan fingerprint density at radius 1 is 0.944 bits per heavy atom. The van der Waals surface area contributed by atoms with Gasteiger partial charge in [0.15, 0.2) is 11.4 Å². The number of benzene rings is 3. The van der Waals surface area contributed by atoms with Crippen LogP contribution in [0.5, 0.6) is 0 Å². The third-order valence-corrected chi connectivity index (χ3v) is 6.48. The fourth-order valence-electron chi connectivity index (χ4n) is 4.72. The molecule has 0 aliphatic rings. The van der Waals surface area contributed by atoms with E-state index >= 15 is 0 Å². The number of rotatable bonds is 3. The molecular weight excluding hydrogens is 440 g/mol. The van der Waals surface area contributed by atoms with Gasteiger partial charge in [-0.05, 0) is 42.3 Å². The van der Waals surface area contributed by atoms with Gasteiger partial charge in [0.1, 0.15) is 18.2 Å². The van der Waals surface area contributed by atoms with E-state index in [1.807, 2.05) is 51.3 Å². The lowest BCUT2D eigenvalue weighted by atomic mass is 9.85. The lowest BCUT2D eigenvalue weighted by Crippen LogP contribution is -2.37. The third kappa shape index (κ3) is 3.88. The molecule has 3 heteroatoms. The van der Waals surface area contributed by atoms with Crippen LogP contribution >= 0.6 is 0 Å². The van der Waals surface area contributed by atoms with E-state index in [0.717, 1.165) is 5.56 Å². The first-order chi connectivity index (χ1) is 20.4. The van der Waals surface area contributed by atoms with Crippen LogP contribution in [-0.4, -0.2) is 0 Å². The summed E-state index contributed by atoms with van der Waals surface area (Å²) in [6, 6.07) is 4.83. The predicted molar refractivity (Wildman–Crippen MR) is 149 cm³/mol. The summed E-state index contributed by atoms with van der Waals surface area (Å²) in [5.74, 6) is 0. The zero-order chi connectivity index (χ0) is 32.8. The van der Waals surface area contributed by atoms with Gasteiger partial charge in [0.05, 0.1) is 20.4 Å². The summed E-state index contributed by atoms with van der Waals surface area (Å²) in [5, 5.41) is 1.27. The van der Waals surface area contributed by atoms with Gasteiger partial charge in [0.2, 0.25) is 5.69 Å². The van der Waals surface area contributed by atoms with Crippen LogP contribution in [0, 0.1) is 32.8 Å². The lowest BCUT2D eigenvalue weighted by Gasteiger charge is -2.21. The molecule has 3 nitrogen and oxygen atoms in total. The molecule has 2 heterocycles. The van der Waals surface area contributed by atoms with Crippen LogP contribution in [0.3, 0.4) is 0 Å². The van der Waals surface area contributed by atoms with Gasteiger partial charge >= 0.3 is 0 Å². The minimum Gasteiger partial charge on any atom is -0.456 e. The molecule has 0 amide bonds. The molecule has 0 unspecified atom stereocenters. The summed E-state index contributed by atoms with van der Waals surface area (Å²) in [5.41, 5.74) is 3.63. The Kier molecular flexibility index (Phi) is 3.83. The Bertz CT molecular complexity index is 2040. The second-order valence-electron chi connectivity index (χ2n) is 10.2. The summed E-state index contributed by atoms with van der Waals surface area (Å²) in [6.45, 7) is 18.9. The molecule has 0 N–H and O–H groups in total. The van der Waals surface area contributed by atoms with Gasteiger partial charge in [0.25, 0.3) is 0 Å². The molecule has 2 aromatic heterocycles. The maximum atomic E-state index is 9.29. The van der Waals surface area contributed by atoms with E-state index in [0.29, 0.717) is 44.4 Å². The highest BCUT2D eigenvalue weighted by Gasteiger charge is 2.27. The monoisotopic (exact) mass is 481 g/mol. The molecule has 0 atom stereocenters. The van der Waals surface area contributed by atoms with Crippen molar-refractivity contribution >= 4 is 27.6 Å². The van der Waals surface area contributed by atoms with Crippen molar-refractivity contribution in [3.05, 3.63) is 94.3 Å². The largest absolute Gasteiger partial charge is 0.456 e. The van der Waals surface area contributed by atoms with Gasteiger partial charge in [-0.25, -0.2) is 4.85 Å². The van der Waals surface area contributed by atoms with Gasteiger partial charge in [-0.2, -0.15) is 4.57 Å². The van der Waals surface area contributed by atoms with Crippen molar-refractivity contribution in [1.82, 2.24) is 0 Å². The third-order valence-electron chi connectivity index (χ3n) is 6.48. The maximum Gasteiger partial charge on any atom is 0.216 e. The summed E-state index contributed by atoms with van der Waals surface area (Å²) in [4.78, 5) is 3.62. The minimum atomic E-state index is -1.72. The zero-order valence-corrected chi connectivity index (χ0v) is 21.6. The molecule has 5 aromatic rings. The van der Waals surface area contributed by atoms with Crippen LogP contribution in [0.15, 0.2) is 64.9 Å². The molecule has 3 aromatic carbocycles. The quantitative estimate of drug-likeness (QED) is 0.186. The van der Waals surface area contributed by atoms with Crippen LogP contribution < -0.4 is 4.57 Å². The number of furan rings is 1. The number of aromatic nitrogens is 1. The smallest absolute Gasteiger partial charge is 0.216 e. The maximum absolute atomic E-state index is 9.29. The van der Waals surface area contributed by atoms with Crippen molar-refractivity contribution < 1.29 is 20.0 Å². The van der Waals surface area contributed by atoms with Gasteiger partial charge < -0.3 is 4.42 Å². The number of fused-ring (bicyclic) bond motifs is 3. The minimum absolute atomic E-state index is 0.0838. The number of pyridine rings is 1.